The molecule has 4 aromatic rings. The average Bonchev–Trinajstić information content (AvgIpc) is 3.34. The number of fused-ring (bicyclic) bond motifs is 1. The number of nitrogens with zero attached hydrogens (tertiary/aromatic N) is 4. The molecule has 26 heavy (non-hydrogen) atoms. The fraction of sp³-hybridized carbons (Fsp3) is 0.176. The zero-order valence-corrected chi connectivity index (χ0v) is 16.3. The lowest BCUT2D eigenvalue weighted by molar-refractivity contribution is 0.211. The van der Waals surface area contributed by atoms with Crippen LogP contribution in [0.1, 0.15) is 0 Å². The molecule has 0 fully saturated rings. The van der Waals surface area contributed by atoms with Crippen molar-refractivity contribution in [2.45, 2.75) is 9.37 Å². The lowest BCUT2D eigenvalue weighted by Crippen LogP contribution is -2.06. The first-order valence-electron chi connectivity index (χ1n) is 7.88. The Hall–Kier alpha value is -2.07. The van der Waals surface area contributed by atoms with Crippen LogP contribution in [0.3, 0.4) is 0 Å². The summed E-state index contributed by atoms with van der Waals surface area (Å²) < 4.78 is 5.87. The highest BCUT2D eigenvalue weighted by molar-refractivity contribution is 8.01. The first kappa shape index (κ1) is 17.3. The Kier molecular flexibility index (Phi) is 5.40. The van der Waals surface area contributed by atoms with E-state index < -0.39 is 0 Å². The predicted octanol–water partition coefficient (Wildman–Crippen LogP) is 4.42. The Morgan fingerprint density at radius 3 is 2.88 bits per heavy atom. The minimum Gasteiger partial charge on any atom is -0.383 e. The van der Waals surface area contributed by atoms with Gasteiger partial charge in [0, 0.05) is 19.0 Å². The van der Waals surface area contributed by atoms with Gasteiger partial charge < -0.3 is 10.1 Å². The summed E-state index contributed by atoms with van der Waals surface area (Å²) in [5.41, 5.74) is 0.927. The number of methoxy groups -OCH3 is 1. The first-order valence-corrected chi connectivity index (χ1v) is 10.4. The van der Waals surface area contributed by atoms with Gasteiger partial charge in [-0.05, 0) is 29.3 Å². The van der Waals surface area contributed by atoms with Crippen molar-refractivity contribution in [2.24, 2.45) is 0 Å². The lowest BCUT2D eigenvalue weighted by atomic mass is 10.2. The van der Waals surface area contributed by atoms with Crippen LogP contribution in [0.25, 0.3) is 21.6 Å². The molecule has 0 aliphatic carbocycles. The SMILES string of the molecule is COCCNc1nnc(Sc2nc(-c3cccs3)nc3ccccc23)s1. The third-order valence-electron chi connectivity index (χ3n) is 3.48. The zero-order chi connectivity index (χ0) is 17.8. The van der Waals surface area contributed by atoms with Crippen LogP contribution in [0.4, 0.5) is 5.13 Å². The number of ether oxygens (including phenoxy) is 1. The first-order chi connectivity index (χ1) is 12.8. The van der Waals surface area contributed by atoms with Gasteiger partial charge in [0.15, 0.2) is 10.2 Å². The highest BCUT2D eigenvalue weighted by atomic mass is 32.2. The van der Waals surface area contributed by atoms with E-state index in [1.54, 1.807) is 18.4 Å². The number of anilines is 1. The number of aromatic nitrogens is 4. The van der Waals surface area contributed by atoms with Crippen molar-refractivity contribution < 1.29 is 4.74 Å². The van der Waals surface area contributed by atoms with Gasteiger partial charge in [-0.2, -0.15) is 0 Å². The molecule has 0 atom stereocenters. The van der Waals surface area contributed by atoms with Crippen molar-refractivity contribution in [3.8, 4) is 10.7 Å². The van der Waals surface area contributed by atoms with E-state index in [1.165, 1.54) is 23.1 Å². The molecule has 9 heteroatoms. The normalized spacial score (nSPS) is 11.1. The van der Waals surface area contributed by atoms with E-state index in [0.29, 0.717) is 13.2 Å². The van der Waals surface area contributed by atoms with Gasteiger partial charge in [0.2, 0.25) is 5.13 Å². The monoisotopic (exact) mass is 401 g/mol. The van der Waals surface area contributed by atoms with Gasteiger partial charge in [-0.25, -0.2) is 9.97 Å². The van der Waals surface area contributed by atoms with Gasteiger partial charge in [-0.1, -0.05) is 35.6 Å². The number of thiophene rings is 1. The largest absolute Gasteiger partial charge is 0.383 e. The molecular weight excluding hydrogens is 386 g/mol. The molecule has 0 saturated carbocycles. The number of hydrogen-bond donors (Lipinski definition) is 1. The standard InChI is InChI=1S/C17H15N5OS3/c1-23-9-8-18-16-21-22-17(26-16)25-15-11-5-2-3-6-12(11)19-14(20-15)13-7-4-10-24-13/h2-7,10H,8-9H2,1H3,(H,18,21). The second-order valence-electron chi connectivity index (χ2n) is 5.24. The predicted molar refractivity (Wildman–Crippen MR) is 107 cm³/mol. The third-order valence-corrected chi connectivity index (χ3v) is 6.28. The molecular formula is C17H15N5OS3. The van der Waals surface area contributed by atoms with E-state index in [9.17, 15) is 0 Å². The molecule has 1 aromatic carbocycles. The summed E-state index contributed by atoms with van der Waals surface area (Å²) in [5, 5.41) is 16.3. The number of para-hydroxylation sites is 1. The fourth-order valence-electron chi connectivity index (χ4n) is 2.31. The Morgan fingerprint density at radius 1 is 1.12 bits per heavy atom. The van der Waals surface area contributed by atoms with Crippen LogP contribution in [0.5, 0.6) is 0 Å². The second-order valence-corrected chi connectivity index (χ2v) is 8.40. The second kappa shape index (κ2) is 8.09. The Balaban J connectivity index is 1.65. The van der Waals surface area contributed by atoms with Gasteiger partial charge in [-0.3, -0.25) is 0 Å². The van der Waals surface area contributed by atoms with Crippen LogP contribution in [0.15, 0.2) is 51.1 Å². The van der Waals surface area contributed by atoms with E-state index in [1.807, 2.05) is 41.8 Å². The zero-order valence-electron chi connectivity index (χ0n) is 13.9. The highest BCUT2D eigenvalue weighted by Crippen LogP contribution is 2.36. The van der Waals surface area contributed by atoms with Gasteiger partial charge in [-0.15, -0.1) is 21.5 Å². The van der Waals surface area contributed by atoms with Crippen molar-refractivity contribution in [2.75, 3.05) is 25.6 Å². The molecule has 132 valence electrons. The van der Waals surface area contributed by atoms with E-state index in [0.717, 1.165) is 36.1 Å². The quantitative estimate of drug-likeness (QED) is 0.363. The molecule has 0 aliphatic rings. The average molecular weight is 402 g/mol. The molecule has 0 radical (unpaired) electrons. The van der Waals surface area contributed by atoms with E-state index in [4.69, 9.17) is 14.7 Å². The molecule has 0 unspecified atom stereocenters. The molecule has 6 nitrogen and oxygen atoms in total. The summed E-state index contributed by atoms with van der Waals surface area (Å²) in [5.74, 6) is 0.740. The summed E-state index contributed by atoms with van der Waals surface area (Å²) >= 11 is 4.66. The van der Waals surface area contributed by atoms with Gasteiger partial charge >= 0.3 is 0 Å². The van der Waals surface area contributed by atoms with Crippen molar-refractivity contribution in [1.29, 1.82) is 0 Å². The van der Waals surface area contributed by atoms with Crippen LogP contribution in [-0.2, 0) is 4.74 Å². The van der Waals surface area contributed by atoms with Crippen molar-refractivity contribution in [3.05, 3.63) is 41.8 Å². The number of hydrogen-bond acceptors (Lipinski definition) is 9. The lowest BCUT2D eigenvalue weighted by Gasteiger charge is -2.06. The minimum atomic E-state index is 0.628. The number of rotatable bonds is 7. The smallest absolute Gasteiger partial charge is 0.206 e. The van der Waals surface area contributed by atoms with E-state index >= 15 is 0 Å². The van der Waals surface area contributed by atoms with Crippen LogP contribution < -0.4 is 5.32 Å². The third kappa shape index (κ3) is 3.85. The van der Waals surface area contributed by atoms with Crippen molar-refractivity contribution in [3.63, 3.8) is 0 Å². The molecule has 3 heterocycles. The van der Waals surface area contributed by atoms with Crippen molar-refractivity contribution in [1.82, 2.24) is 20.2 Å². The summed E-state index contributed by atoms with van der Waals surface area (Å²) in [7, 11) is 1.68. The molecule has 0 spiro atoms. The summed E-state index contributed by atoms with van der Waals surface area (Å²) in [6.45, 7) is 1.33. The maximum atomic E-state index is 5.04. The van der Waals surface area contributed by atoms with Gasteiger partial charge in [0.1, 0.15) is 5.03 Å². The summed E-state index contributed by atoms with van der Waals surface area (Å²) in [6.07, 6.45) is 0. The van der Waals surface area contributed by atoms with Crippen LogP contribution in [-0.4, -0.2) is 40.4 Å². The van der Waals surface area contributed by atoms with Gasteiger partial charge in [0.05, 0.1) is 17.0 Å². The molecule has 1 N–H and O–H groups in total. The Labute approximate surface area is 162 Å². The van der Waals surface area contributed by atoms with Gasteiger partial charge in [0.25, 0.3) is 0 Å². The molecule has 0 saturated heterocycles. The van der Waals surface area contributed by atoms with Crippen LogP contribution in [0, 0.1) is 0 Å². The van der Waals surface area contributed by atoms with E-state index in [-0.39, 0.29) is 0 Å². The number of benzene rings is 1. The molecule has 0 aliphatic heterocycles. The fourth-order valence-corrected chi connectivity index (χ4v) is 4.77. The van der Waals surface area contributed by atoms with E-state index in [2.05, 4.69) is 15.5 Å². The van der Waals surface area contributed by atoms with Crippen molar-refractivity contribution >= 4 is 50.5 Å². The summed E-state index contributed by atoms with van der Waals surface area (Å²) in [6, 6.07) is 12.1. The maximum Gasteiger partial charge on any atom is 0.206 e. The molecule has 0 bridgehead atoms. The van der Waals surface area contributed by atoms with Crippen LogP contribution in [0.2, 0.25) is 0 Å². The molecule has 3 aromatic heterocycles. The minimum absolute atomic E-state index is 0.628. The van der Waals surface area contributed by atoms with Crippen LogP contribution >= 0.6 is 34.4 Å². The highest BCUT2D eigenvalue weighted by Gasteiger charge is 2.13. The topological polar surface area (TPSA) is 72.8 Å². The maximum absolute atomic E-state index is 5.04. The number of nitrogens with one attached hydrogen (secondary N) is 1. The molecule has 4 rings (SSSR count). The Bertz CT molecular complexity index is 1000. The Morgan fingerprint density at radius 2 is 2.04 bits per heavy atom. The molecule has 0 amide bonds. The summed E-state index contributed by atoms with van der Waals surface area (Å²) in [4.78, 5) is 10.5.